The van der Waals surface area contributed by atoms with Gasteiger partial charge in [-0.2, -0.15) is 0 Å². The minimum Gasteiger partial charge on any atom is -0.324 e. The first kappa shape index (κ1) is 25.9. The maximum absolute atomic E-state index is 11.9. The standard InChI is InChI=1S/C28H30NO3P3/c30-35(31,32)22-21-29(23-33(25-13-5-1-6-14-25)26-15-7-2-8-16-26)24-34(27-17-9-3-10-18-27)28-19-11-4-12-20-28/h1-20H,21-24H2,(H2,30,31,32). The summed E-state index contributed by atoms with van der Waals surface area (Å²) >= 11 is 0. The Morgan fingerprint density at radius 2 is 0.829 bits per heavy atom. The van der Waals surface area contributed by atoms with E-state index in [9.17, 15) is 14.4 Å². The van der Waals surface area contributed by atoms with Gasteiger partial charge in [0.2, 0.25) is 0 Å². The highest BCUT2D eigenvalue weighted by Crippen LogP contribution is 2.41. The minimum atomic E-state index is -4.12. The van der Waals surface area contributed by atoms with Gasteiger partial charge in [-0.3, -0.25) is 9.46 Å². The predicted octanol–water partition coefficient (Wildman–Crippen LogP) is 4.65. The molecule has 2 N–H and O–H groups in total. The average molecular weight is 521 g/mol. The van der Waals surface area contributed by atoms with Gasteiger partial charge in [0, 0.05) is 19.1 Å². The monoisotopic (exact) mass is 521 g/mol. The van der Waals surface area contributed by atoms with Crippen molar-refractivity contribution in [3.63, 3.8) is 0 Å². The summed E-state index contributed by atoms with van der Waals surface area (Å²) in [7, 11) is -5.57. The van der Waals surface area contributed by atoms with Crippen LogP contribution in [-0.2, 0) is 4.57 Å². The zero-order chi connectivity index (χ0) is 24.5. The van der Waals surface area contributed by atoms with Crippen LogP contribution in [0.15, 0.2) is 121 Å². The molecule has 0 unspecified atom stereocenters. The smallest absolute Gasteiger partial charge is 0.324 e. The van der Waals surface area contributed by atoms with Gasteiger partial charge >= 0.3 is 7.60 Å². The summed E-state index contributed by atoms with van der Waals surface area (Å²) in [6.45, 7) is 0.348. The SMILES string of the molecule is O=P(O)(O)CCN(CP(c1ccccc1)c1ccccc1)CP(c1ccccc1)c1ccccc1. The lowest BCUT2D eigenvalue weighted by Gasteiger charge is -2.32. The molecule has 7 heteroatoms. The number of hydrogen-bond acceptors (Lipinski definition) is 2. The maximum atomic E-state index is 11.9. The summed E-state index contributed by atoms with van der Waals surface area (Å²) in [5.74, 6) is 0. The summed E-state index contributed by atoms with van der Waals surface area (Å²) in [5, 5.41) is 5.05. The molecule has 0 saturated heterocycles. The molecule has 0 radical (unpaired) electrons. The van der Waals surface area contributed by atoms with Crippen LogP contribution < -0.4 is 21.2 Å². The Kier molecular flexibility index (Phi) is 9.41. The highest BCUT2D eigenvalue weighted by molar-refractivity contribution is 7.73. The topological polar surface area (TPSA) is 60.8 Å². The van der Waals surface area contributed by atoms with Gasteiger partial charge in [-0.15, -0.1) is 0 Å². The summed E-state index contributed by atoms with van der Waals surface area (Å²) in [5.41, 5.74) is 0. The van der Waals surface area contributed by atoms with Gasteiger partial charge in [-0.1, -0.05) is 121 Å². The molecule has 4 rings (SSSR count). The predicted molar refractivity (Wildman–Crippen MR) is 151 cm³/mol. The van der Waals surface area contributed by atoms with Crippen LogP contribution in [0.2, 0.25) is 0 Å². The molecule has 0 saturated carbocycles. The van der Waals surface area contributed by atoms with Crippen molar-refractivity contribution in [3.8, 4) is 0 Å². The molecule has 0 aliphatic rings. The highest BCUT2D eigenvalue weighted by Gasteiger charge is 2.24. The highest BCUT2D eigenvalue weighted by atomic mass is 31.2. The molecule has 0 spiro atoms. The largest absolute Gasteiger partial charge is 0.326 e. The van der Waals surface area contributed by atoms with Crippen molar-refractivity contribution in [2.45, 2.75) is 0 Å². The molecule has 0 aliphatic carbocycles. The first-order valence-electron chi connectivity index (χ1n) is 11.5. The Hall–Kier alpha value is -2.15. The molecular weight excluding hydrogens is 491 g/mol. The van der Waals surface area contributed by atoms with Gasteiger partial charge in [0.1, 0.15) is 0 Å². The molecule has 180 valence electrons. The molecule has 0 aromatic heterocycles. The summed E-state index contributed by atoms with van der Waals surface area (Å²) in [6, 6.07) is 41.9. The molecule has 35 heavy (non-hydrogen) atoms. The quantitative estimate of drug-likeness (QED) is 0.282. The Balaban J connectivity index is 1.69. The van der Waals surface area contributed by atoms with Crippen LogP contribution in [0.4, 0.5) is 0 Å². The number of benzene rings is 4. The van der Waals surface area contributed by atoms with Crippen LogP contribution in [0.3, 0.4) is 0 Å². The van der Waals surface area contributed by atoms with E-state index in [0.29, 0.717) is 6.54 Å². The van der Waals surface area contributed by atoms with E-state index in [2.05, 4.69) is 102 Å². The van der Waals surface area contributed by atoms with Crippen LogP contribution in [-0.4, -0.2) is 40.0 Å². The maximum Gasteiger partial charge on any atom is 0.326 e. The Morgan fingerprint density at radius 3 is 1.09 bits per heavy atom. The number of hydrogen-bond donors (Lipinski definition) is 2. The molecule has 0 fully saturated rings. The Bertz CT molecular complexity index is 1040. The third-order valence-corrected chi connectivity index (χ3v) is 11.5. The van der Waals surface area contributed by atoms with Gasteiger partial charge < -0.3 is 9.79 Å². The minimum absolute atomic E-state index is 0.146. The van der Waals surface area contributed by atoms with Crippen molar-refractivity contribution in [2.75, 3.05) is 25.3 Å². The molecule has 0 bridgehead atoms. The van der Waals surface area contributed by atoms with Crippen molar-refractivity contribution in [1.29, 1.82) is 0 Å². The lowest BCUT2D eigenvalue weighted by atomic mass is 10.4. The Labute approximate surface area is 210 Å². The normalized spacial score (nSPS) is 11.9. The van der Waals surface area contributed by atoms with E-state index in [4.69, 9.17) is 0 Å². The van der Waals surface area contributed by atoms with Crippen molar-refractivity contribution < 1.29 is 14.4 Å². The van der Waals surface area contributed by atoms with E-state index in [-0.39, 0.29) is 6.16 Å². The van der Waals surface area contributed by atoms with E-state index in [1.807, 2.05) is 24.3 Å². The van der Waals surface area contributed by atoms with E-state index in [0.717, 1.165) is 12.6 Å². The fraction of sp³-hybridized carbons (Fsp3) is 0.143. The van der Waals surface area contributed by atoms with Crippen LogP contribution in [0, 0.1) is 0 Å². The Morgan fingerprint density at radius 1 is 0.543 bits per heavy atom. The van der Waals surface area contributed by atoms with Crippen LogP contribution in [0.5, 0.6) is 0 Å². The summed E-state index contributed by atoms with van der Waals surface area (Å²) < 4.78 is 11.9. The second-order valence-corrected chi connectivity index (χ2v) is 14.4. The van der Waals surface area contributed by atoms with Crippen molar-refractivity contribution >= 4 is 44.7 Å². The van der Waals surface area contributed by atoms with Gasteiger partial charge in [-0.25, -0.2) is 0 Å². The molecule has 0 amide bonds. The molecule has 4 nitrogen and oxygen atoms in total. The average Bonchev–Trinajstić information content (AvgIpc) is 2.90. The first-order valence-corrected chi connectivity index (χ1v) is 16.4. The van der Waals surface area contributed by atoms with Crippen molar-refractivity contribution in [2.24, 2.45) is 0 Å². The van der Waals surface area contributed by atoms with Crippen LogP contribution in [0.1, 0.15) is 0 Å². The second-order valence-electron chi connectivity index (χ2n) is 8.26. The molecule has 4 aromatic carbocycles. The molecule has 0 heterocycles. The lowest BCUT2D eigenvalue weighted by Crippen LogP contribution is -2.34. The fourth-order valence-corrected chi connectivity index (χ4v) is 9.28. The second kappa shape index (κ2) is 12.7. The van der Waals surface area contributed by atoms with Gasteiger partial charge in [0.05, 0.1) is 6.16 Å². The summed E-state index contributed by atoms with van der Waals surface area (Å²) in [6.07, 6.45) is 1.33. The van der Waals surface area contributed by atoms with Crippen molar-refractivity contribution in [3.05, 3.63) is 121 Å². The van der Waals surface area contributed by atoms with E-state index >= 15 is 0 Å². The fourth-order valence-electron chi connectivity index (χ4n) is 3.91. The number of rotatable bonds is 11. The summed E-state index contributed by atoms with van der Waals surface area (Å²) in [4.78, 5) is 21.7. The first-order chi connectivity index (χ1) is 17.0. The van der Waals surface area contributed by atoms with Crippen LogP contribution in [0.25, 0.3) is 0 Å². The zero-order valence-electron chi connectivity index (χ0n) is 19.5. The van der Waals surface area contributed by atoms with E-state index < -0.39 is 23.4 Å². The number of nitrogens with zero attached hydrogens (tertiary/aromatic N) is 1. The van der Waals surface area contributed by atoms with Crippen molar-refractivity contribution in [1.82, 2.24) is 4.90 Å². The molecular formula is C28H30NO3P3. The molecule has 0 aliphatic heterocycles. The van der Waals surface area contributed by atoms with E-state index in [1.54, 1.807) is 0 Å². The van der Waals surface area contributed by atoms with Gasteiger partial charge in [0.15, 0.2) is 0 Å². The van der Waals surface area contributed by atoms with Gasteiger partial charge in [0.25, 0.3) is 0 Å². The van der Waals surface area contributed by atoms with Gasteiger partial charge in [-0.05, 0) is 37.1 Å². The van der Waals surface area contributed by atoms with E-state index in [1.165, 1.54) is 21.2 Å². The molecule has 4 aromatic rings. The third kappa shape index (κ3) is 7.92. The lowest BCUT2D eigenvalue weighted by molar-refractivity contribution is 0.346. The third-order valence-electron chi connectivity index (χ3n) is 5.66. The zero-order valence-corrected chi connectivity index (χ0v) is 22.2. The molecule has 0 atom stereocenters. The van der Waals surface area contributed by atoms with Crippen LogP contribution >= 0.6 is 23.4 Å².